The third-order valence-electron chi connectivity index (χ3n) is 4.29. The van der Waals surface area contributed by atoms with Crippen LogP contribution in [-0.2, 0) is 0 Å². The number of benzene rings is 2. The zero-order valence-electron chi connectivity index (χ0n) is 14.6. The van der Waals surface area contributed by atoms with Gasteiger partial charge in [0, 0.05) is 12.5 Å². The van der Waals surface area contributed by atoms with Crippen molar-refractivity contribution in [3.05, 3.63) is 87.9 Å². The summed E-state index contributed by atoms with van der Waals surface area (Å²) in [6.07, 6.45) is 0.270. The van der Waals surface area contributed by atoms with Gasteiger partial charge in [-0.3, -0.25) is 9.59 Å². The molecule has 0 aliphatic rings. The highest BCUT2D eigenvalue weighted by Gasteiger charge is 2.15. The number of carbonyl (C=O) groups is 1. The first-order chi connectivity index (χ1) is 12.4. The van der Waals surface area contributed by atoms with Gasteiger partial charge in [0.25, 0.3) is 5.56 Å². The van der Waals surface area contributed by atoms with Gasteiger partial charge in [-0.1, -0.05) is 43.3 Å². The molecule has 0 aliphatic heterocycles. The Kier molecular flexibility index (Phi) is 5.07. The summed E-state index contributed by atoms with van der Waals surface area (Å²) in [6.45, 7) is 3.61. The van der Waals surface area contributed by atoms with E-state index in [9.17, 15) is 14.0 Å². The molecule has 3 rings (SSSR count). The molecule has 3 aromatic rings. The van der Waals surface area contributed by atoms with Gasteiger partial charge in [-0.2, -0.15) is 0 Å². The Morgan fingerprint density at radius 1 is 1.08 bits per heavy atom. The van der Waals surface area contributed by atoms with Gasteiger partial charge in [0.05, 0.1) is 0 Å². The lowest BCUT2D eigenvalue weighted by Gasteiger charge is -2.12. The molecule has 0 saturated heterocycles. The fourth-order valence-electron chi connectivity index (χ4n) is 2.87. The van der Waals surface area contributed by atoms with E-state index in [1.807, 2.05) is 31.2 Å². The Morgan fingerprint density at radius 3 is 2.23 bits per heavy atom. The lowest BCUT2D eigenvalue weighted by molar-refractivity contribution is 0.0970. The highest BCUT2D eigenvalue weighted by molar-refractivity contribution is 5.94. The number of carbonyl (C=O) groups excluding carboxylic acids is 1. The number of rotatable bonds is 5. The normalized spacial score (nSPS) is 12.0. The summed E-state index contributed by atoms with van der Waals surface area (Å²) in [5.41, 5.74) is 2.81. The first-order valence-corrected chi connectivity index (χ1v) is 8.39. The second-order valence-electron chi connectivity index (χ2n) is 6.37. The molecule has 1 atom stereocenters. The molecule has 1 N–H and O–H groups in total. The van der Waals surface area contributed by atoms with Gasteiger partial charge < -0.3 is 4.98 Å². The van der Waals surface area contributed by atoms with Crippen LogP contribution in [0, 0.1) is 12.7 Å². The molecule has 0 amide bonds. The molecule has 0 spiro atoms. The molecular formula is C21H19FN2O2. The second-order valence-corrected chi connectivity index (χ2v) is 6.37. The maximum atomic E-state index is 13.0. The Labute approximate surface area is 150 Å². The number of ketones is 1. The van der Waals surface area contributed by atoms with E-state index in [-0.39, 0.29) is 35.2 Å². The van der Waals surface area contributed by atoms with E-state index < -0.39 is 0 Å². The number of H-pyrrole nitrogens is 1. The summed E-state index contributed by atoms with van der Waals surface area (Å²) in [6, 6.07) is 15.4. The van der Waals surface area contributed by atoms with Crippen LogP contribution in [0.2, 0.25) is 0 Å². The van der Waals surface area contributed by atoms with E-state index in [0.717, 1.165) is 16.7 Å². The minimum atomic E-state index is -0.322. The maximum absolute atomic E-state index is 13.0. The summed E-state index contributed by atoms with van der Waals surface area (Å²) in [5, 5.41) is 0. The average Bonchev–Trinajstić information content (AvgIpc) is 2.61. The molecule has 1 aromatic heterocycles. The Hall–Kier alpha value is -3.08. The van der Waals surface area contributed by atoms with E-state index in [2.05, 4.69) is 9.97 Å². The molecule has 26 heavy (non-hydrogen) atoms. The number of nitrogens with one attached hydrogen (secondary N) is 1. The van der Waals surface area contributed by atoms with Crippen LogP contribution in [0.5, 0.6) is 0 Å². The Balaban J connectivity index is 1.73. The average molecular weight is 350 g/mol. The van der Waals surface area contributed by atoms with Crippen LogP contribution in [0.25, 0.3) is 11.1 Å². The molecule has 4 nitrogen and oxygen atoms in total. The van der Waals surface area contributed by atoms with E-state index >= 15 is 0 Å². The number of aryl methyl sites for hydroxylation is 1. The SMILES string of the molecule is Cc1nc(C(=O)C[C@H](C)c2ccc(-c3ccc(F)cc3)cc2)cc(=O)[nH]1. The zero-order chi connectivity index (χ0) is 18.7. The predicted molar refractivity (Wildman–Crippen MR) is 98.8 cm³/mol. The topological polar surface area (TPSA) is 62.8 Å². The van der Waals surface area contributed by atoms with Gasteiger partial charge in [0.2, 0.25) is 0 Å². The molecule has 0 bridgehead atoms. The molecular weight excluding hydrogens is 331 g/mol. The molecule has 0 unspecified atom stereocenters. The van der Waals surface area contributed by atoms with Gasteiger partial charge in [-0.15, -0.1) is 0 Å². The van der Waals surface area contributed by atoms with Crippen molar-refractivity contribution in [3.8, 4) is 11.1 Å². The third kappa shape index (κ3) is 4.11. The van der Waals surface area contributed by atoms with Crippen molar-refractivity contribution in [1.29, 1.82) is 0 Å². The second kappa shape index (κ2) is 7.44. The minimum Gasteiger partial charge on any atom is -0.311 e. The van der Waals surface area contributed by atoms with Crippen molar-refractivity contribution in [2.75, 3.05) is 0 Å². The fourth-order valence-corrected chi connectivity index (χ4v) is 2.87. The molecule has 0 fully saturated rings. The van der Waals surface area contributed by atoms with E-state index in [0.29, 0.717) is 5.82 Å². The van der Waals surface area contributed by atoms with Gasteiger partial charge in [0.1, 0.15) is 17.3 Å². The quantitative estimate of drug-likeness (QED) is 0.699. The third-order valence-corrected chi connectivity index (χ3v) is 4.29. The van der Waals surface area contributed by atoms with E-state index in [4.69, 9.17) is 0 Å². The van der Waals surface area contributed by atoms with Crippen molar-refractivity contribution in [3.63, 3.8) is 0 Å². The highest BCUT2D eigenvalue weighted by Crippen LogP contribution is 2.25. The summed E-state index contributed by atoms with van der Waals surface area (Å²) >= 11 is 0. The first kappa shape index (κ1) is 17.7. The number of nitrogens with zero attached hydrogens (tertiary/aromatic N) is 1. The molecule has 132 valence electrons. The number of Topliss-reactive ketones (excluding diaryl/α,β-unsaturated/α-hetero) is 1. The zero-order valence-corrected chi connectivity index (χ0v) is 14.6. The van der Waals surface area contributed by atoms with Crippen molar-refractivity contribution in [2.45, 2.75) is 26.2 Å². The lowest BCUT2D eigenvalue weighted by atomic mass is 9.93. The monoisotopic (exact) mass is 350 g/mol. The first-order valence-electron chi connectivity index (χ1n) is 8.39. The summed E-state index contributed by atoms with van der Waals surface area (Å²) in [4.78, 5) is 30.5. The predicted octanol–water partition coefficient (Wildman–Crippen LogP) is 4.26. The van der Waals surface area contributed by atoms with Crippen LogP contribution in [0.4, 0.5) is 4.39 Å². The molecule has 2 aromatic carbocycles. The number of hydrogen-bond acceptors (Lipinski definition) is 3. The van der Waals surface area contributed by atoms with Crippen LogP contribution in [0.3, 0.4) is 0 Å². The number of halogens is 1. The van der Waals surface area contributed by atoms with Crippen molar-refractivity contribution in [1.82, 2.24) is 9.97 Å². The molecule has 0 aliphatic carbocycles. The van der Waals surface area contributed by atoms with Crippen molar-refractivity contribution >= 4 is 5.78 Å². The lowest BCUT2D eigenvalue weighted by Crippen LogP contribution is -2.15. The minimum absolute atomic E-state index is 0.00818. The number of aromatic nitrogens is 2. The summed E-state index contributed by atoms with van der Waals surface area (Å²) in [7, 11) is 0. The van der Waals surface area contributed by atoms with Gasteiger partial charge >= 0.3 is 0 Å². The van der Waals surface area contributed by atoms with E-state index in [1.165, 1.54) is 18.2 Å². The van der Waals surface area contributed by atoms with Crippen LogP contribution in [-0.4, -0.2) is 15.8 Å². The Bertz CT molecular complexity index is 976. The van der Waals surface area contributed by atoms with Crippen LogP contribution in [0.15, 0.2) is 59.4 Å². The maximum Gasteiger partial charge on any atom is 0.251 e. The highest BCUT2D eigenvalue weighted by atomic mass is 19.1. The number of aromatic amines is 1. The summed E-state index contributed by atoms with van der Waals surface area (Å²) < 4.78 is 13.0. The molecule has 0 saturated carbocycles. The summed E-state index contributed by atoms with van der Waals surface area (Å²) in [5.74, 6) is -0.00118. The smallest absolute Gasteiger partial charge is 0.251 e. The van der Waals surface area contributed by atoms with Crippen LogP contribution < -0.4 is 5.56 Å². The van der Waals surface area contributed by atoms with Crippen LogP contribution >= 0.6 is 0 Å². The molecule has 0 radical (unpaired) electrons. The standard InChI is InChI=1S/C21H19FN2O2/c1-13(11-20(25)19-12-21(26)24-14(2)23-19)15-3-5-16(6-4-15)17-7-9-18(22)10-8-17/h3-10,12-13H,11H2,1-2H3,(H,23,24,26)/t13-/m0/s1. The largest absolute Gasteiger partial charge is 0.311 e. The van der Waals surface area contributed by atoms with E-state index in [1.54, 1.807) is 19.1 Å². The fraction of sp³-hybridized carbons (Fsp3) is 0.190. The van der Waals surface area contributed by atoms with Crippen LogP contribution in [0.1, 0.15) is 41.1 Å². The molecule has 5 heteroatoms. The number of hydrogen-bond donors (Lipinski definition) is 1. The Morgan fingerprint density at radius 2 is 1.65 bits per heavy atom. The van der Waals surface area contributed by atoms with Crippen molar-refractivity contribution < 1.29 is 9.18 Å². The van der Waals surface area contributed by atoms with Gasteiger partial charge in [-0.05, 0) is 41.7 Å². The van der Waals surface area contributed by atoms with Gasteiger partial charge in [0.15, 0.2) is 5.78 Å². The van der Waals surface area contributed by atoms with Crippen molar-refractivity contribution in [2.24, 2.45) is 0 Å². The van der Waals surface area contributed by atoms with Gasteiger partial charge in [-0.25, -0.2) is 9.37 Å². The molecule has 1 heterocycles.